The third kappa shape index (κ3) is 3.84. The number of ether oxygens (including phenoxy) is 1. The van der Waals surface area contributed by atoms with Gasteiger partial charge in [-0.05, 0) is 37.7 Å². The van der Waals surface area contributed by atoms with Gasteiger partial charge in [0, 0.05) is 12.3 Å². The quantitative estimate of drug-likeness (QED) is 0.836. The molecule has 2 amide bonds. The van der Waals surface area contributed by atoms with E-state index in [-0.39, 0.29) is 12.1 Å². The molecular formula is C17H22N4O2S. The number of pyridine rings is 1. The fourth-order valence-electron chi connectivity index (χ4n) is 2.60. The predicted molar refractivity (Wildman–Crippen MR) is 94.6 cm³/mol. The van der Waals surface area contributed by atoms with E-state index in [1.165, 1.54) is 11.3 Å². The Morgan fingerprint density at radius 3 is 2.79 bits per heavy atom. The average molecular weight is 346 g/mol. The number of nitrogens with one attached hydrogen (secondary N) is 2. The van der Waals surface area contributed by atoms with Crippen LogP contribution in [0.2, 0.25) is 0 Å². The number of methoxy groups -OCH3 is 1. The summed E-state index contributed by atoms with van der Waals surface area (Å²) >= 11 is 1.53. The molecule has 0 aliphatic heterocycles. The minimum absolute atomic E-state index is 0.0257. The minimum Gasteiger partial charge on any atom is -0.481 e. The van der Waals surface area contributed by atoms with Crippen molar-refractivity contribution < 1.29 is 9.53 Å². The Kier molecular flexibility index (Phi) is 4.99. The second-order valence-electron chi connectivity index (χ2n) is 5.92. The van der Waals surface area contributed by atoms with Crippen molar-refractivity contribution in [1.82, 2.24) is 15.3 Å². The van der Waals surface area contributed by atoms with Gasteiger partial charge in [0.05, 0.1) is 23.9 Å². The van der Waals surface area contributed by atoms with Gasteiger partial charge in [-0.25, -0.2) is 14.8 Å². The molecule has 0 spiro atoms. The summed E-state index contributed by atoms with van der Waals surface area (Å²) in [6.45, 7) is 3.97. The number of aryl methyl sites for hydroxylation is 2. The lowest BCUT2D eigenvalue weighted by Gasteiger charge is -2.19. The number of carbonyl (C=O) groups excluding carboxylic acids is 1. The molecule has 2 aromatic rings. The molecule has 2 aromatic heterocycles. The van der Waals surface area contributed by atoms with E-state index in [0.29, 0.717) is 11.8 Å². The highest BCUT2D eigenvalue weighted by atomic mass is 32.1. The number of aromatic nitrogens is 2. The van der Waals surface area contributed by atoms with Gasteiger partial charge in [-0.15, -0.1) is 11.3 Å². The third-order valence-corrected chi connectivity index (χ3v) is 5.30. The Morgan fingerprint density at radius 2 is 2.25 bits per heavy atom. The van der Waals surface area contributed by atoms with Crippen molar-refractivity contribution in [2.24, 2.45) is 5.92 Å². The van der Waals surface area contributed by atoms with Gasteiger partial charge < -0.3 is 10.1 Å². The molecule has 128 valence electrons. The van der Waals surface area contributed by atoms with E-state index in [4.69, 9.17) is 4.74 Å². The number of anilines is 1. The van der Waals surface area contributed by atoms with Crippen LogP contribution in [0.5, 0.6) is 5.88 Å². The number of urea groups is 1. The highest BCUT2D eigenvalue weighted by Gasteiger charge is 2.33. The van der Waals surface area contributed by atoms with Crippen molar-refractivity contribution in [2.45, 2.75) is 39.2 Å². The Labute approximate surface area is 145 Å². The Bertz CT molecular complexity index is 710. The van der Waals surface area contributed by atoms with Crippen LogP contribution in [0.15, 0.2) is 18.3 Å². The summed E-state index contributed by atoms with van der Waals surface area (Å²) in [6, 6.07) is 3.56. The number of thiazole rings is 1. The number of amides is 2. The van der Waals surface area contributed by atoms with Crippen LogP contribution in [-0.4, -0.2) is 23.1 Å². The first-order valence-electron chi connectivity index (χ1n) is 8.14. The molecule has 3 rings (SSSR count). The average Bonchev–Trinajstić information content (AvgIpc) is 3.37. The highest BCUT2D eigenvalue weighted by Crippen LogP contribution is 2.41. The molecule has 0 bridgehead atoms. The number of nitrogens with zero attached hydrogens (tertiary/aromatic N) is 2. The van der Waals surface area contributed by atoms with E-state index in [0.717, 1.165) is 40.5 Å². The van der Waals surface area contributed by atoms with E-state index in [1.807, 2.05) is 19.1 Å². The summed E-state index contributed by atoms with van der Waals surface area (Å²) in [5.41, 5.74) is 1.87. The van der Waals surface area contributed by atoms with Crippen molar-refractivity contribution in [2.75, 3.05) is 12.4 Å². The van der Waals surface area contributed by atoms with Gasteiger partial charge in [0.2, 0.25) is 5.88 Å². The molecule has 0 radical (unpaired) electrons. The van der Waals surface area contributed by atoms with E-state index in [9.17, 15) is 4.79 Å². The monoisotopic (exact) mass is 346 g/mol. The largest absolute Gasteiger partial charge is 0.481 e. The lowest BCUT2D eigenvalue weighted by Crippen LogP contribution is -2.33. The summed E-state index contributed by atoms with van der Waals surface area (Å²) in [4.78, 5) is 21.1. The van der Waals surface area contributed by atoms with E-state index < -0.39 is 0 Å². The first-order valence-corrected chi connectivity index (χ1v) is 8.96. The number of rotatable bonds is 6. The molecule has 1 saturated carbocycles. The van der Waals surface area contributed by atoms with E-state index in [1.54, 1.807) is 13.3 Å². The van der Waals surface area contributed by atoms with Crippen LogP contribution in [0.3, 0.4) is 0 Å². The Balaban J connectivity index is 1.68. The summed E-state index contributed by atoms with van der Waals surface area (Å²) in [5.74, 6) is 1.05. The van der Waals surface area contributed by atoms with Crippen LogP contribution in [0.1, 0.15) is 42.1 Å². The predicted octanol–water partition coefficient (Wildman–Crippen LogP) is 3.69. The van der Waals surface area contributed by atoms with Gasteiger partial charge in [0.1, 0.15) is 5.00 Å². The maximum absolute atomic E-state index is 12.4. The SMILES string of the molecule is CCc1nc(C)c(NC(=O)NC(c2ccc(OC)nc2)C2CC2)s1. The van der Waals surface area contributed by atoms with E-state index in [2.05, 4.69) is 27.5 Å². The Morgan fingerprint density at radius 1 is 1.46 bits per heavy atom. The first-order chi connectivity index (χ1) is 11.6. The molecule has 2 N–H and O–H groups in total. The second-order valence-corrected chi connectivity index (χ2v) is 7.01. The van der Waals surface area contributed by atoms with Crippen LogP contribution in [-0.2, 0) is 6.42 Å². The minimum atomic E-state index is -0.197. The molecule has 2 heterocycles. The molecule has 1 atom stereocenters. The van der Waals surface area contributed by atoms with Gasteiger partial charge in [-0.2, -0.15) is 0 Å². The summed E-state index contributed by atoms with van der Waals surface area (Å²) < 4.78 is 5.09. The van der Waals surface area contributed by atoms with Crippen LogP contribution >= 0.6 is 11.3 Å². The maximum Gasteiger partial charge on any atom is 0.320 e. The zero-order valence-electron chi connectivity index (χ0n) is 14.1. The van der Waals surface area contributed by atoms with Crippen molar-refractivity contribution in [3.05, 3.63) is 34.6 Å². The van der Waals surface area contributed by atoms with Crippen molar-refractivity contribution in [3.63, 3.8) is 0 Å². The topological polar surface area (TPSA) is 76.1 Å². The maximum atomic E-state index is 12.4. The molecule has 1 aliphatic rings. The lowest BCUT2D eigenvalue weighted by atomic mass is 10.0. The first kappa shape index (κ1) is 16.7. The van der Waals surface area contributed by atoms with Crippen molar-refractivity contribution >= 4 is 22.4 Å². The second kappa shape index (κ2) is 7.17. The van der Waals surface area contributed by atoms with Crippen molar-refractivity contribution in [3.8, 4) is 5.88 Å². The lowest BCUT2D eigenvalue weighted by molar-refractivity contribution is 0.247. The van der Waals surface area contributed by atoms with Gasteiger partial charge in [0.25, 0.3) is 0 Å². The zero-order valence-corrected chi connectivity index (χ0v) is 14.9. The van der Waals surface area contributed by atoms with Gasteiger partial charge >= 0.3 is 6.03 Å². The standard InChI is InChI=1S/C17H22N4O2S/c1-4-14-19-10(2)16(24-14)21-17(22)20-15(11-5-6-11)12-7-8-13(23-3)18-9-12/h7-9,11,15H,4-6H2,1-3H3,(H2,20,21,22). The fraction of sp³-hybridized carbons (Fsp3) is 0.471. The molecule has 24 heavy (non-hydrogen) atoms. The third-order valence-electron chi connectivity index (χ3n) is 4.08. The van der Waals surface area contributed by atoms with Gasteiger partial charge in [0.15, 0.2) is 0 Å². The molecule has 1 unspecified atom stereocenters. The van der Waals surface area contributed by atoms with Crippen LogP contribution in [0, 0.1) is 12.8 Å². The number of hydrogen-bond donors (Lipinski definition) is 2. The molecular weight excluding hydrogens is 324 g/mol. The molecule has 6 nitrogen and oxygen atoms in total. The van der Waals surface area contributed by atoms with Gasteiger partial charge in [-0.1, -0.05) is 13.0 Å². The van der Waals surface area contributed by atoms with E-state index >= 15 is 0 Å². The molecule has 7 heteroatoms. The van der Waals surface area contributed by atoms with Crippen molar-refractivity contribution in [1.29, 1.82) is 0 Å². The summed E-state index contributed by atoms with van der Waals surface area (Å²) in [5, 5.41) is 7.86. The Hall–Kier alpha value is -2.15. The van der Waals surface area contributed by atoms with Gasteiger partial charge in [-0.3, -0.25) is 5.32 Å². The number of carbonyl (C=O) groups is 1. The highest BCUT2D eigenvalue weighted by molar-refractivity contribution is 7.16. The summed E-state index contributed by atoms with van der Waals surface area (Å²) in [7, 11) is 1.59. The molecule has 0 saturated heterocycles. The fourth-order valence-corrected chi connectivity index (χ4v) is 3.50. The number of hydrogen-bond acceptors (Lipinski definition) is 5. The van der Waals surface area contributed by atoms with Crippen LogP contribution in [0.4, 0.5) is 9.80 Å². The molecule has 0 aromatic carbocycles. The van der Waals surface area contributed by atoms with Crippen LogP contribution in [0.25, 0.3) is 0 Å². The molecule has 1 fully saturated rings. The molecule has 1 aliphatic carbocycles. The normalized spacial score (nSPS) is 15.0. The zero-order chi connectivity index (χ0) is 17.1. The summed E-state index contributed by atoms with van der Waals surface area (Å²) in [6.07, 6.45) is 4.89. The van der Waals surface area contributed by atoms with Crippen LogP contribution < -0.4 is 15.4 Å². The smallest absolute Gasteiger partial charge is 0.320 e.